The summed E-state index contributed by atoms with van der Waals surface area (Å²) in [5.41, 5.74) is 4.16. The highest BCUT2D eigenvalue weighted by molar-refractivity contribution is 7.98. The fourth-order valence-electron chi connectivity index (χ4n) is 2.98. The summed E-state index contributed by atoms with van der Waals surface area (Å²) in [4.78, 5) is 4.76. The predicted octanol–water partition coefficient (Wildman–Crippen LogP) is 5.03. The molecule has 6 heteroatoms. The Morgan fingerprint density at radius 1 is 1.32 bits per heavy atom. The van der Waals surface area contributed by atoms with Gasteiger partial charge in [0.2, 0.25) is 0 Å². The van der Waals surface area contributed by atoms with Crippen molar-refractivity contribution in [3.8, 4) is 5.75 Å². The first kappa shape index (κ1) is 16.5. The molecule has 25 heavy (non-hydrogen) atoms. The SMILES string of the molecule is C=CCn1c(SCc2cc(Cl)cc3c2OCOC3)nc2ccccc21. The van der Waals surface area contributed by atoms with E-state index in [9.17, 15) is 0 Å². The van der Waals surface area contributed by atoms with Gasteiger partial charge in [-0.15, -0.1) is 6.58 Å². The van der Waals surface area contributed by atoms with Crippen molar-refractivity contribution in [2.24, 2.45) is 0 Å². The van der Waals surface area contributed by atoms with Crippen molar-refractivity contribution in [2.75, 3.05) is 6.79 Å². The number of hydrogen-bond donors (Lipinski definition) is 0. The van der Waals surface area contributed by atoms with Crippen molar-refractivity contribution in [2.45, 2.75) is 24.1 Å². The zero-order chi connectivity index (χ0) is 17.2. The first-order valence-electron chi connectivity index (χ1n) is 7.97. The minimum Gasteiger partial charge on any atom is -0.467 e. The summed E-state index contributed by atoms with van der Waals surface area (Å²) >= 11 is 7.93. The second-order valence-electron chi connectivity index (χ2n) is 5.73. The van der Waals surface area contributed by atoms with Crippen LogP contribution < -0.4 is 4.74 Å². The summed E-state index contributed by atoms with van der Waals surface area (Å²) in [6.07, 6.45) is 1.89. The molecule has 0 fully saturated rings. The Morgan fingerprint density at radius 2 is 2.20 bits per heavy atom. The van der Waals surface area contributed by atoms with Gasteiger partial charge in [-0.25, -0.2) is 4.98 Å². The zero-order valence-corrected chi connectivity index (χ0v) is 15.1. The van der Waals surface area contributed by atoms with Crippen LogP contribution in [0.1, 0.15) is 11.1 Å². The highest BCUT2D eigenvalue weighted by atomic mass is 35.5. The standard InChI is InChI=1S/C19H17ClN2O2S/c1-2-7-22-17-6-4-3-5-16(17)21-19(22)25-11-14-9-15(20)8-13-10-23-12-24-18(13)14/h2-6,8-9H,1,7,10-12H2. The molecule has 1 aliphatic heterocycles. The lowest BCUT2D eigenvalue weighted by atomic mass is 10.1. The molecule has 2 heterocycles. The van der Waals surface area contributed by atoms with E-state index >= 15 is 0 Å². The molecule has 4 rings (SSSR count). The third-order valence-electron chi connectivity index (χ3n) is 4.04. The topological polar surface area (TPSA) is 36.3 Å². The number of para-hydroxylation sites is 2. The molecule has 3 aromatic rings. The monoisotopic (exact) mass is 372 g/mol. The van der Waals surface area contributed by atoms with E-state index in [0.717, 1.165) is 45.4 Å². The third-order valence-corrected chi connectivity index (χ3v) is 5.28. The molecule has 1 aromatic heterocycles. The van der Waals surface area contributed by atoms with Crippen LogP contribution in [0, 0.1) is 0 Å². The number of aromatic nitrogens is 2. The van der Waals surface area contributed by atoms with Crippen LogP contribution in [0.25, 0.3) is 11.0 Å². The molecule has 4 nitrogen and oxygen atoms in total. The quantitative estimate of drug-likeness (QED) is 0.464. The molecule has 0 amide bonds. The van der Waals surface area contributed by atoms with Crippen LogP contribution in [0.2, 0.25) is 5.02 Å². The number of benzene rings is 2. The van der Waals surface area contributed by atoms with Gasteiger partial charge in [0.25, 0.3) is 0 Å². The Balaban J connectivity index is 1.66. The number of nitrogens with zero attached hydrogens (tertiary/aromatic N) is 2. The molecule has 1 aliphatic rings. The lowest BCUT2D eigenvalue weighted by Gasteiger charge is -2.21. The number of rotatable bonds is 5. The smallest absolute Gasteiger partial charge is 0.189 e. The number of halogens is 1. The molecule has 128 valence electrons. The molecule has 0 aliphatic carbocycles. The van der Waals surface area contributed by atoms with E-state index in [2.05, 4.69) is 17.2 Å². The van der Waals surface area contributed by atoms with Gasteiger partial charge in [0.05, 0.1) is 17.6 Å². The summed E-state index contributed by atoms with van der Waals surface area (Å²) in [7, 11) is 0. The van der Waals surface area contributed by atoms with Gasteiger partial charge < -0.3 is 14.0 Å². The molecular weight excluding hydrogens is 356 g/mol. The van der Waals surface area contributed by atoms with Crippen molar-refractivity contribution in [1.82, 2.24) is 9.55 Å². The van der Waals surface area contributed by atoms with Crippen molar-refractivity contribution < 1.29 is 9.47 Å². The van der Waals surface area contributed by atoms with Crippen molar-refractivity contribution in [3.05, 3.63) is 65.2 Å². The number of thioether (sulfide) groups is 1. The Labute approximate surface area is 155 Å². The molecule has 0 saturated heterocycles. The Kier molecular flexibility index (Phi) is 4.70. The fourth-order valence-corrected chi connectivity index (χ4v) is 4.23. The van der Waals surface area contributed by atoms with Crippen LogP contribution in [0.15, 0.2) is 54.2 Å². The van der Waals surface area contributed by atoms with Crippen molar-refractivity contribution in [1.29, 1.82) is 0 Å². The van der Waals surface area contributed by atoms with Crippen LogP contribution >= 0.6 is 23.4 Å². The zero-order valence-electron chi connectivity index (χ0n) is 13.6. The number of fused-ring (bicyclic) bond motifs is 2. The summed E-state index contributed by atoms with van der Waals surface area (Å²) in [5, 5.41) is 1.66. The van der Waals surface area contributed by atoms with E-state index in [-0.39, 0.29) is 6.79 Å². The lowest BCUT2D eigenvalue weighted by molar-refractivity contribution is -0.0168. The maximum atomic E-state index is 6.25. The van der Waals surface area contributed by atoms with E-state index < -0.39 is 0 Å². The molecule has 0 N–H and O–H groups in total. The second kappa shape index (κ2) is 7.12. The molecule has 0 bridgehead atoms. The van der Waals surface area contributed by atoms with Gasteiger partial charge in [0, 0.05) is 28.4 Å². The summed E-state index contributed by atoms with van der Waals surface area (Å²) in [6, 6.07) is 12.0. The Hall–Kier alpha value is -1.95. The van der Waals surface area contributed by atoms with Gasteiger partial charge in [-0.05, 0) is 24.3 Å². The van der Waals surface area contributed by atoms with E-state index in [1.807, 2.05) is 36.4 Å². The number of ether oxygens (including phenoxy) is 2. The summed E-state index contributed by atoms with van der Waals surface area (Å²) < 4.78 is 13.2. The molecule has 0 spiro atoms. The first-order chi connectivity index (χ1) is 12.3. The van der Waals surface area contributed by atoms with Gasteiger partial charge in [0.15, 0.2) is 11.9 Å². The van der Waals surface area contributed by atoms with Crippen LogP contribution in [-0.2, 0) is 23.6 Å². The largest absolute Gasteiger partial charge is 0.467 e. The van der Waals surface area contributed by atoms with E-state index in [1.54, 1.807) is 11.8 Å². The number of allylic oxidation sites excluding steroid dienone is 1. The average Bonchev–Trinajstić information content (AvgIpc) is 2.98. The predicted molar refractivity (Wildman–Crippen MR) is 101 cm³/mol. The van der Waals surface area contributed by atoms with Crippen LogP contribution in [0.5, 0.6) is 5.75 Å². The van der Waals surface area contributed by atoms with Crippen molar-refractivity contribution in [3.63, 3.8) is 0 Å². The normalized spacial score (nSPS) is 13.5. The second-order valence-corrected chi connectivity index (χ2v) is 7.11. The van der Waals surface area contributed by atoms with Gasteiger partial charge in [0.1, 0.15) is 5.75 Å². The number of hydrogen-bond acceptors (Lipinski definition) is 4. The molecule has 0 unspecified atom stereocenters. The highest BCUT2D eigenvalue weighted by Crippen LogP contribution is 2.36. The van der Waals surface area contributed by atoms with E-state index in [1.165, 1.54) is 0 Å². The lowest BCUT2D eigenvalue weighted by Crippen LogP contribution is -2.13. The van der Waals surface area contributed by atoms with E-state index in [0.29, 0.717) is 11.6 Å². The number of imidazole rings is 1. The van der Waals surface area contributed by atoms with E-state index in [4.69, 9.17) is 26.1 Å². The Bertz CT molecular complexity index is 939. The maximum Gasteiger partial charge on any atom is 0.189 e. The first-order valence-corrected chi connectivity index (χ1v) is 9.33. The molecule has 0 atom stereocenters. The van der Waals surface area contributed by atoms with Gasteiger partial charge in [-0.1, -0.05) is 41.6 Å². The van der Waals surface area contributed by atoms with Crippen molar-refractivity contribution >= 4 is 34.4 Å². The summed E-state index contributed by atoms with van der Waals surface area (Å²) in [5.74, 6) is 1.61. The van der Waals surface area contributed by atoms with Crippen LogP contribution in [0.4, 0.5) is 0 Å². The van der Waals surface area contributed by atoms with Gasteiger partial charge >= 0.3 is 0 Å². The average molecular weight is 373 g/mol. The van der Waals surface area contributed by atoms with Gasteiger partial charge in [-0.2, -0.15) is 0 Å². The van der Waals surface area contributed by atoms with Crippen LogP contribution in [-0.4, -0.2) is 16.3 Å². The van der Waals surface area contributed by atoms with Crippen LogP contribution in [0.3, 0.4) is 0 Å². The maximum absolute atomic E-state index is 6.25. The minimum atomic E-state index is 0.279. The van der Waals surface area contributed by atoms with Gasteiger partial charge in [-0.3, -0.25) is 0 Å². The minimum absolute atomic E-state index is 0.279. The molecule has 0 radical (unpaired) electrons. The molecule has 0 saturated carbocycles. The fraction of sp³-hybridized carbons (Fsp3) is 0.211. The molecule has 2 aromatic carbocycles. The highest BCUT2D eigenvalue weighted by Gasteiger charge is 2.18. The summed E-state index contributed by atoms with van der Waals surface area (Å²) in [6.45, 7) is 5.39. The third kappa shape index (κ3) is 3.27. The Morgan fingerprint density at radius 3 is 3.08 bits per heavy atom. The molecular formula is C19H17ClN2O2S.